The van der Waals surface area contributed by atoms with E-state index in [1.54, 1.807) is 0 Å². The Bertz CT molecular complexity index is 543. The Morgan fingerprint density at radius 2 is 1.95 bits per heavy atom. The lowest BCUT2D eigenvalue weighted by Gasteiger charge is -2.22. The molecular formula is C15H22N4O. The maximum Gasteiger partial charge on any atom is 0.137 e. The van der Waals surface area contributed by atoms with Crippen LogP contribution in [0, 0.1) is 18.8 Å². The highest BCUT2D eigenvalue weighted by atomic mass is 16.3. The second-order valence-electron chi connectivity index (χ2n) is 6.66. The van der Waals surface area contributed by atoms with Crippen LogP contribution in [0.3, 0.4) is 0 Å². The van der Waals surface area contributed by atoms with E-state index < -0.39 is 0 Å². The SMILES string of the molecule is Cc1c(N)nc(C2CC2)nc1N1CC2CCC(O)C2C1. The number of nitrogen functional groups attached to an aromatic ring is 1. The number of nitrogens with zero attached hydrogens (tertiary/aromatic N) is 3. The molecule has 3 N–H and O–H groups in total. The molecule has 5 heteroatoms. The first-order chi connectivity index (χ1) is 9.63. The summed E-state index contributed by atoms with van der Waals surface area (Å²) >= 11 is 0. The van der Waals surface area contributed by atoms with Crippen LogP contribution in [0.1, 0.15) is 43.0 Å². The molecule has 0 radical (unpaired) electrons. The van der Waals surface area contributed by atoms with Gasteiger partial charge in [-0.3, -0.25) is 0 Å². The third-order valence-corrected chi connectivity index (χ3v) is 5.24. The average Bonchev–Trinajstić information content (AvgIpc) is 3.10. The molecule has 3 fully saturated rings. The van der Waals surface area contributed by atoms with Crippen LogP contribution in [0.2, 0.25) is 0 Å². The lowest BCUT2D eigenvalue weighted by Crippen LogP contribution is -2.26. The zero-order valence-electron chi connectivity index (χ0n) is 11.9. The average molecular weight is 274 g/mol. The van der Waals surface area contributed by atoms with Crippen molar-refractivity contribution in [3.05, 3.63) is 11.4 Å². The van der Waals surface area contributed by atoms with Gasteiger partial charge in [0, 0.05) is 30.5 Å². The van der Waals surface area contributed by atoms with E-state index in [0.717, 1.165) is 43.1 Å². The summed E-state index contributed by atoms with van der Waals surface area (Å²) in [5.41, 5.74) is 7.06. The van der Waals surface area contributed by atoms with Gasteiger partial charge in [0.1, 0.15) is 17.5 Å². The standard InChI is InChI=1S/C15H22N4O/c1-8-13(16)17-14(9-2-3-9)18-15(8)19-6-10-4-5-12(20)11(10)7-19/h9-12,20H,2-7H2,1H3,(H2,16,17,18). The predicted molar refractivity (Wildman–Crippen MR) is 77.6 cm³/mol. The number of anilines is 2. The summed E-state index contributed by atoms with van der Waals surface area (Å²) in [4.78, 5) is 11.5. The molecule has 2 heterocycles. The molecule has 5 nitrogen and oxygen atoms in total. The first-order valence-electron chi connectivity index (χ1n) is 7.70. The summed E-state index contributed by atoms with van der Waals surface area (Å²) in [6.07, 6.45) is 4.34. The minimum Gasteiger partial charge on any atom is -0.393 e. The molecule has 20 heavy (non-hydrogen) atoms. The van der Waals surface area contributed by atoms with Gasteiger partial charge in [-0.2, -0.15) is 0 Å². The summed E-state index contributed by atoms with van der Waals surface area (Å²) in [7, 11) is 0. The van der Waals surface area contributed by atoms with Crippen molar-refractivity contribution in [1.29, 1.82) is 0 Å². The number of aliphatic hydroxyl groups excluding tert-OH is 1. The van der Waals surface area contributed by atoms with Gasteiger partial charge in [0.05, 0.1) is 6.10 Å². The molecule has 0 bridgehead atoms. The van der Waals surface area contributed by atoms with Gasteiger partial charge in [-0.15, -0.1) is 0 Å². The van der Waals surface area contributed by atoms with Crippen molar-refractivity contribution in [2.24, 2.45) is 11.8 Å². The lowest BCUT2D eigenvalue weighted by atomic mass is 10.00. The van der Waals surface area contributed by atoms with Crippen LogP contribution in [0.5, 0.6) is 0 Å². The van der Waals surface area contributed by atoms with Crippen LogP contribution in [-0.4, -0.2) is 34.3 Å². The van der Waals surface area contributed by atoms with Crippen molar-refractivity contribution in [1.82, 2.24) is 9.97 Å². The van der Waals surface area contributed by atoms with E-state index in [4.69, 9.17) is 10.7 Å². The minimum absolute atomic E-state index is 0.132. The van der Waals surface area contributed by atoms with Gasteiger partial charge in [-0.1, -0.05) is 0 Å². The van der Waals surface area contributed by atoms with Crippen LogP contribution in [0.15, 0.2) is 0 Å². The molecular weight excluding hydrogens is 252 g/mol. The molecule has 2 aliphatic carbocycles. The molecule has 1 aromatic rings. The van der Waals surface area contributed by atoms with E-state index in [1.807, 2.05) is 6.92 Å². The quantitative estimate of drug-likeness (QED) is 0.854. The molecule has 2 saturated carbocycles. The third kappa shape index (κ3) is 1.87. The molecule has 3 unspecified atom stereocenters. The molecule has 3 atom stereocenters. The normalized spacial score (nSPS) is 32.7. The van der Waals surface area contributed by atoms with Crippen molar-refractivity contribution >= 4 is 11.6 Å². The number of aromatic nitrogens is 2. The molecule has 0 spiro atoms. The van der Waals surface area contributed by atoms with E-state index in [1.165, 1.54) is 12.8 Å². The van der Waals surface area contributed by atoms with Gasteiger partial charge < -0.3 is 15.7 Å². The number of hydrogen-bond acceptors (Lipinski definition) is 5. The van der Waals surface area contributed by atoms with E-state index in [2.05, 4.69) is 9.88 Å². The second-order valence-corrected chi connectivity index (χ2v) is 6.66. The van der Waals surface area contributed by atoms with Gasteiger partial charge in [0.2, 0.25) is 0 Å². The smallest absolute Gasteiger partial charge is 0.137 e. The zero-order chi connectivity index (χ0) is 13.9. The summed E-state index contributed by atoms with van der Waals surface area (Å²) in [6, 6.07) is 0. The Kier molecular flexibility index (Phi) is 2.67. The maximum atomic E-state index is 10.1. The van der Waals surface area contributed by atoms with Gasteiger partial charge in [0.15, 0.2) is 0 Å². The van der Waals surface area contributed by atoms with Crippen LogP contribution in [-0.2, 0) is 0 Å². The van der Waals surface area contributed by atoms with Crippen LogP contribution in [0.25, 0.3) is 0 Å². The fourth-order valence-corrected chi connectivity index (χ4v) is 3.78. The number of fused-ring (bicyclic) bond motifs is 1. The fraction of sp³-hybridized carbons (Fsp3) is 0.733. The third-order valence-electron chi connectivity index (χ3n) is 5.24. The van der Waals surface area contributed by atoms with E-state index in [-0.39, 0.29) is 6.10 Å². The van der Waals surface area contributed by atoms with Crippen LogP contribution < -0.4 is 10.6 Å². The lowest BCUT2D eigenvalue weighted by molar-refractivity contribution is 0.133. The summed E-state index contributed by atoms with van der Waals surface area (Å²) < 4.78 is 0. The highest BCUT2D eigenvalue weighted by Gasteiger charge is 2.43. The molecule has 0 aromatic carbocycles. The Labute approximate surface area is 119 Å². The molecule has 0 amide bonds. The van der Waals surface area contributed by atoms with Crippen LogP contribution in [0.4, 0.5) is 11.6 Å². The first kappa shape index (κ1) is 12.4. The van der Waals surface area contributed by atoms with E-state index >= 15 is 0 Å². The van der Waals surface area contributed by atoms with Crippen molar-refractivity contribution in [2.75, 3.05) is 23.7 Å². The van der Waals surface area contributed by atoms with E-state index in [0.29, 0.717) is 23.6 Å². The van der Waals surface area contributed by atoms with E-state index in [9.17, 15) is 5.11 Å². The topological polar surface area (TPSA) is 75.3 Å². The van der Waals surface area contributed by atoms with Gasteiger partial charge >= 0.3 is 0 Å². The van der Waals surface area contributed by atoms with Crippen molar-refractivity contribution < 1.29 is 5.11 Å². The Balaban J connectivity index is 1.65. The van der Waals surface area contributed by atoms with Crippen molar-refractivity contribution in [3.63, 3.8) is 0 Å². The molecule has 108 valence electrons. The highest BCUT2D eigenvalue weighted by molar-refractivity contribution is 5.57. The van der Waals surface area contributed by atoms with Crippen molar-refractivity contribution in [3.8, 4) is 0 Å². The summed E-state index contributed by atoms with van der Waals surface area (Å²) in [5, 5.41) is 10.1. The van der Waals surface area contributed by atoms with Gasteiger partial charge in [-0.05, 0) is 38.5 Å². The summed E-state index contributed by atoms with van der Waals surface area (Å²) in [6.45, 7) is 3.92. The fourth-order valence-electron chi connectivity index (χ4n) is 3.78. The summed E-state index contributed by atoms with van der Waals surface area (Å²) in [5.74, 6) is 4.08. The molecule has 1 saturated heterocycles. The Morgan fingerprint density at radius 3 is 2.65 bits per heavy atom. The van der Waals surface area contributed by atoms with Gasteiger partial charge in [-0.25, -0.2) is 9.97 Å². The Morgan fingerprint density at radius 1 is 1.15 bits per heavy atom. The highest BCUT2D eigenvalue weighted by Crippen LogP contribution is 2.42. The van der Waals surface area contributed by atoms with Crippen molar-refractivity contribution in [2.45, 2.75) is 44.6 Å². The van der Waals surface area contributed by atoms with Gasteiger partial charge in [0.25, 0.3) is 0 Å². The minimum atomic E-state index is -0.132. The predicted octanol–water partition coefficient (Wildman–Crippen LogP) is 1.45. The monoisotopic (exact) mass is 274 g/mol. The number of rotatable bonds is 2. The molecule has 3 aliphatic rings. The zero-order valence-corrected chi connectivity index (χ0v) is 11.9. The largest absolute Gasteiger partial charge is 0.393 e. The number of hydrogen-bond donors (Lipinski definition) is 2. The van der Waals surface area contributed by atoms with Crippen LogP contribution >= 0.6 is 0 Å². The number of nitrogens with two attached hydrogens (primary N) is 1. The Hall–Kier alpha value is -1.36. The first-order valence-corrected chi connectivity index (χ1v) is 7.70. The second kappa shape index (κ2) is 4.32. The molecule has 1 aliphatic heterocycles. The maximum absolute atomic E-state index is 10.1. The molecule has 4 rings (SSSR count). The molecule has 1 aromatic heterocycles. The number of aliphatic hydroxyl groups is 1.